The van der Waals surface area contributed by atoms with Gasteiger partial charge in [-0.15, -0.1) is 0 Å². The second-order valence-corrected chi connectivity index (χ2v) is 6.15. The molecule has 2 unspecified atom stereocenters. The maximum atomic E-state index is 13.3. The van der Waals surface area contributed by atoms with E-state index in [1.165, 1.54) is 0 Å². The molecule has 0 aromatic heterocycles. The molecule has 1 saturated heterocycles. The molecule has 132 valence electrons. The second-order valence-electron chi connectivity index (χ2n) is 6.15. The number of aliphatic carboxylic acids is 1. The minimum Gasteiger partial charge on any atom is -0.481 e. The third-order valence-corrected chi connectivity index (χ3v) is 4.61. The Morgan fingerprint density at radius 3 is 2.38 bits per heavy atom. The first-order valence-corrected chi connectivity index (χ1v) is 7.87. The number of amides is 1. The quantitative estimate of drug-likeness (QED) is 0.891. The fraction of sp³-hybridized carbons (Fsp3) is 0.529. The number of halogens is 3. The first-order chi connectivity index (χ1) is 11.2. The Hall–Kier alpha value is -2.05. The molecule has 2 rings (SSSR count). The number of rotatable bonds is 5. The summed E-state index contributed by atoms with van der Waals surface area (Å²) in [6.07, 6.45) is -4.29. The number of carbonyl (C=O) groups excluding carboxylic acids is 1. The number of carboxylic acid groups (broad SMARTS) is 1. The number of carboxylic acids is 1. The minimum atomic E-state index is -4.89. The summed E-state index contributed by atoms with van der Waals surface area (Å²) >= 11 is 0. The van der Waals surface area contributed by atoms with Crippen molar-refractivity contribution in [3.63, 3.8) is 0 Å². The van der Waals surface area contributed by atoms with Crippen molar-refractivity contribution >= 4 is 11.9 Å². The van der Waals surface area contributed by atoms with Crippen LogP contribution in [0.1, 0.15) is 37.7 Å². The summed E-state index contributed by atoms with van der Waals surface area (Å²) in [6.45, 7) is 0.875. The molecular formula is C17H20F3NO3. The summed E-state index contributed by atoms with van der Waals surface area (Å²) in [7, 11) is 0. The molecule has 1 aliphatic rings. The zero-order valence-corrected chi connectivity index (χ0v) is 13.3. The smallest absolute Gasteiger partial charge is 0.406 e. The highest BCUT2D eigenvalue weighted by Gasteiger charge is 2.64. The van der Waals surface area contributed by atoms with Crippen LogP contribution in [-0.4, -0.2) is 41.1 Å². The van der Waals surface area contributed by atoms with Crippen LogP contribution in [0.15, 0.2) is 30.3 Å². The van der Waals surface area contributed by atoms with Crippen LogP contribution in [0, 0.1) is 5.41 Å². The van der Waals surface area contributed by atoms with Gasteiger partial charge in [-0.05, 0) is 18.4 Å². The van der Waals surface area contributed by atoms with E-state index in [0.717, 1.165) is 10.5 Å². The Bertz CT molecular complexity index is 603. The van der Waals surface area contributed by atoms with E-state index in [-0.39, 0.29) is 6.54 Å². The maximum Gasteiger partial charge on any atom is 0.406 e. The summed E-state index contributed by atoms with van der Waals surface area (Å²) in [6, 6.07) is 8.87. The molecule has 1 aromatic carbocycles. The molecule has 1 heterocycles. The summed E-state index contributed by atoms with van der Waals surface area (Å²) in [4.78, 5) is 25.0. The number of hydrogen-bond acceptors (Lipinski definition) is 2. The van der Waals surface area contributed by atoms with Crippen molar-refractivity contribution in [1.29, 1.82) is 0 Å². The van der Waals surface area contributed by atoms with Gasteiger partial charge in [0.1, 0.15) is 0 Å². The predicted octanol–water partition coefficient (Wildman–Crippen LogP) is 3.44. The van der Waals surface area contributed by atoms with Crippen molar-refractivity contribution in [2.75, 3.05) is 13.1 Å². The molecule has 0 radical (unpaired) electrons. The van der Waals surface area contributed by atoms with Crippen molar-refractivity contribution in [1.82, 2.24) is 4.90 Å². The summed E-state index contributed by atoms with van der Waals surface area (Å²) in [5.74, 6) is -2.90. The molecule has 1 N–H and O–H groups in total. The monoisotopic (exact) mass is 343 g/mol. The van der Waals surface area contributed by atoms with Gasteiger partial charge in [-0.3, -0.25) is 9.59 Å². The van der Waals surface area contributed by atoms with Crippen LogP contribution in [0.2, 0.25) is 0 Å². The summed E-state index contributed by atoms with van der Waals surface area (Å²) < 4.78 is 39.8. The van der Waals surface area contributed by atoms with Crippen LogP contribution < -0.4 is 0 Å². The highest BCUT2D eigenvalue weighted by atomic mass is 19.4. The molecule has 2 atom stereocenters. The largest absolute Gasteiger partial charge is 0.481 e. The van der Waals surface area contributed by atoms with Crippen molar-refractivity contribution in [2.45, 2.75) is 38.3 Å². The van der Waals surface area contributed by atoms with Crippen LogP contribution in [0.5, 0.6) is 0 Å². The average molecular weight is 343 g/mol. The fourth-order valence-corrected chi connectivity index (χ4v) is 3.15. The lowest BCUT2D eigenvalue weighted by Crippen LogP contribution is -2.48. The van der Waals surface area contributed by atoms with Gasteiger partial charge in [-0.2, -0.15) is 13.2 Å². The number of alkyl halides is 3. The normalized spacial score (nSPS) is 22.4. The van der Waals surface area contributed by atoms with Gasteiger partial charge in [0.25, 0.3) is 0 Å². The van der Waals surface area contributed by atoms with E-state index in [1.54, 1.807) is 30.3 Å². The Morgan fingerprint density at radius 2 is 1.92 bits per heavy atom. The van der Waals surface area contributed by atoms with E-state index in [0.29, 0.717) is 12.8 Å². The lowest BCUT2D eigenvalue weighted by Gasteiger charge is -2.28. The van der Waals surface area contributed by atoms with Crippen molar-refractivity contribution in [3.05, 3.63) is 35.9 Å². The molecule has 0 aliphatic carbocycles. The van der Waals surface area contributed by atoms with Crippen LogP contribution in [0.3, 0.4) is 0 Å². The average Bonchev–Trinajstić information content (AvgIpc) is 2.99. The Kier molecular flexibility index (Phi) is 5.20. The SMILES string of the molecule is CCCC(C(=O)N1CCC(C(=O)O)(C(F)(F)F)C1)c1ccccc1. The van der Waals surface area contributed by atoms with Gasteiger partial charge >= 0.3 is 12.1 Å². The van der Waals surface area contributed by atoms with Crippen LogP contribution >= 0.6 is 0 Å². The number of carbonyl (C=O) groups is 2. The van der Waals surface area contributed by atoms with E-state index in [9.17, 15) is 22.8 Å². The molecule has 1 aromatic rings. The number of likely N-dealkylation sites (tertiary alicyclic amines) is 1. The lowest BCUT2D eigenvalue weighted by atomic mass is 9.86. The van der Waals surface area contributed by atoms with E-state index in [2.05, 4.69) is 0 Å². The van der Waals surface area contributed by atoms with Gasteiger partial charge in [0, 0.05) is 13.1 Å². The molecule has 4 nitrogen and oxygen atoms in total. The molecule has 1 fully saturated rings. The lowest BCUT2D eigenvalue weighted by molar-refractivity contribution is -0.227. The van der Waals surface area contributed by atoms with Gasteiger partial charge in [-0.25, -0.2) is 0 Å². The van der Waals surface area contributed by atoms with Crippen LogP contribution in [-0.2, 0) is 9.59 Å². The second kappa shape index (κ2) is 6.83. The highest BCUT2D eigenvalue weighted by Crippen LogP contribution is 2.46. The number of benzene rings is 1. The molecule has 1 amide bonds. The zero-order chi connectivity index (χ0) is 18.0. The predicted molar refractivity (Wildman–Crippen MR) is 81.4 cm³/mol. The topological polar surface area (TPSA) is 57.6 Å². The summed E-state index contributed by atoms with van der Waals surface area (Å²) in [5, 5.41) is 9.10. The van der Waals surface area contributed by atoms with Gasteiger partial charge in [-0.1, -0.05) is 43.7 Å². The summed E-state index contributed by atoms with van der Waals surface area (Å²) in [5.41, 5.74) is -2.12. The van der Waals surface area contributed by atoms with Crippen molar-refractivity contribution in [2.24, 2.45) is 5.41 Å². The van der Waals surface area contributed by atoms with E-state index < -0.39 is 42.4 Å². The maximum absolute atomic E-state index is 13.3. The third-order valence-electron chi connectivity index (χ3n) is 4.61. The van der Waals surface area contributed by atoms with Crippen LogP contribution in [0.4, 0.5) is 13.2 Å². The number of nitrogens with zero attached hydrogens (tertiary/aromatic N) is 1. The van der Waals surface area contributed by atoms with Gasteiger partial charge in [0.2, 0.25) is 5.91 Å². The molecule has 1 aliphatic heterocycles. The van der Waals surface area contributed by atoms with Gasteiger partial charge < -0.3 is 10.0 Å². The molecule has 24 heavy (non-hydrogen) atoms. The molecular weight excluding hydrogens is 323 g/mol. The van der Waals surface area contributed by atoms with E-state index in [1.807, 2.05) is 6.92 Å². The minimum absolute atomic E-state index is 0.197. The Balaban J connectivity index is 2.25. The van der Waals surface area contributed by atoms with Crippen LogP contribution in [0.25, 0.3) is 0 Å². The zero-order valence-electron chi connectivity index (χ0n) is 13.3. The third kappa shape index (κ3) is 3.25. The molecule has 0 spiro atoms. The number of hydrogen-bond donors (Lipinski definition) is 1. The Labute approximate surface area is 138 Å². The fourth-order valence-electron chi connectivity index (χ4n) is 3.15. The first-order valence-electron chi connectivity index (χ1n) is 7.87. The first kappa shape index (κ1) is 18.3. The van der Waals surface area contributed by atoms with Crippen molar-refractivity contribution < 1.29 is 27.9 Å². The molecule has 7 heteroatoms. The molecule has 0 bridgehead atoms. The van der Waals surface area contributed by atoms with Crippen molar-refractivity contribution in [3.8, 4) is 0 Å². The van der Waals surface area contributed by atoms with Gasteiger partial charge in [0.05, 0.1) is 5.92 Å². The molecule has 0 saturated carbocycles. The standard InChI is InChI=1S/C17H20F3NO3/c1-2-6-13(12-7-4-3-5-8-12)14(22)21-10-9-16(11-21,15(23)24)17(18,19)20/h3-5,7-8,13H,2,6,9-11H2,1H3,(H,23,24). The highest BCUT2D eigenvalue weighted by molar-refractivity contribution is 5.86. The van der Waals surface area contributed by atoms with Gasteiger partial charge in [0.15, 0.2) is 5.41 Å². The van der Waals surface area contributed by atoms with E-state index >= 15 is 0 Å². The Morgan fingerprint density at radius 1 is 1.29 bits per heavy atom. The van der Waals surface area contributed by atoms with E-state index in [4.69, 9.17) is 5.11 Å².